The van der Waals surface area contributed by atoms with Crippen LogP contribution in [0.1, 0.15) is 19.4 Å². The summed E-state index contributed by atoms with van der Waals surface area (Å²) in [5.74, 6) is 0.552. The van der Waals surface area contributed by atoms with E-state index in [0.717, 1.165) is 0 Å². The molecule has 0 aliphatic carbocycles. The minimum atomic E-state index is 0.552. The average Bonchev–Trinajstić information content (AvgIpc) is 2.14. The Morgan fingerprint density at radius 1 is 1.23 bits per heavy atom. The number of hydrogen-bond acceptors (Lipinski definition) is 1. The molecule has 0 amide bonds. The molecule has 0 aliphatic rings. The summed E-state index contributed by atoms with van der Waals surface area (Å²) in [7, 11) is 0. The molecule has 0 saturated carbocycles. The van der Waals surface area contributed by atoms with Gasteiger partial charge in [-0.25, -0.2) is 0 Å². The fourth-order valence-electron chi connectivity index (χ4n) is 0.931. The Balaban J connectivity index is 2.28. The zero-order valence-electron chi connectivity index (χ0n) is 8.23. The maximum Gasteiger partial charge on any atom is 0.112 e. The predicted molar refractivity (Wildman–Crippen MR) is 55.2 cm³/mol. The van der Waals surface area contributed by atoms with Crippen LogP contribution >= 0.6 is 0 Å². The van der Waals surface area contributed by atoms with E-state index in [4.69, 9.17) is 4.74 Å². The summed E-state index contributed by atoms with van der Waals surface area (Å²) in [5, 5.41) is 0. The van der Waals surface area contributed by atoms with Crippen molar-refractivity contribution in [2.75, 3.05) is 0 Å². The SMILES string of the molecule is CC(C)/C=C/OCc1ccccc1. The number of allylic oxidation sites excluding steroid dienone is 1. The summed E-state index contributed by atoms with van der Waals surface area (Å²) in [4.78, 5) is 0. The standard InChI is InChI=1S/C12H16O/c1-11(2)8-9-13-10-12-6-4-3-5-7-12/h3-9,11H,10H2,1-2H3/b9-8+. The van der Waals surface area contributed by atoms with Crippen LogP contribution in [0.25, 0.3) is 0 Å². The lowest BCUT2D eigenvalue weighted by molar-refractivity contribution is 0.234. The van der Waals surface area contributed by atoms with Gasteiger partial charge in [0, 0.05) is 0 Å². The molecule has 1 nitrogen and oxygen atoms in total. The first kappa shape index (κ1) is 9.85. The average molecular weight is 176 g/mol. The first-order valence-electron chi connectivity index (χ1n) is 4.61. The van der Waals surface area contributed by atoms with E-state index < -0.39 is 0 Å². The van der Waals surface area contributed by atoms with Crippen molar-refractivity contribution in [3.8, 4) is 0 Å². The number of ether oxygens (including phenoxy) is 1. The van der Waals surface area contributed by atoms with Crippen molar-refractivity contribution in [1.82, 2.24) is 0 Å². The Labute approximate surface area is 80.0 Å². The lowest BCUT2D eigenvalue weighted by Gasteiger charge is -2.00. The predicted octanol–water partition coefficient (Wildman–Crippen LogP) is 3.37. The second-order valence-electron chi connectivity index (χ2n) is 3.37. The minimum Gasteiger partial charge on any atom is -0.497 e. The van der Waals surface area contributed by atoms with E-state index in [2.05, 4.69) is 26.0 Å². The Morgan fingerprint density at radius 2 is 1.92 bits per heavy atom. The van der Waals surface area contributed by atoms with Crippen LogP contribution in [0.3, 0.4) is 0 Å². The van der Waals surface area contributed by atoms with Crippen LogP contribution in [0, 0.1) is 5.92 Å². The molecule has 70 valence electrons. The van der Waals surface area contributed by atoms with Crippen LogP contribution in [0.2, 0.25) is 0 Å². The quantitative estimate of drug-likeness (QED) is 0.639. The van der Waals surface area contributed by atoms with Crippen LogP contribution in [-0.2, 0) is 11.3 Å². The molecule has 1 heteroatoms. The van der Waals surface area contributed by atoms with Gasteiger partial charge >= 0.3 is 0 Å². The summed E-state index contributed by atoms with van der Waals surface area (Å²) in [6.45, 7) is 4.91. The lowest BCUT2D eigenvalue weighted by atomic mass is 10.2. The van der Waals surface area contributed by atoms with Gasteiger partial charge < -0.3 is 4.74 Å². The first-order valence-corrected chi connectivity index (χ1v) is 4.61. The third kappa shape index (κ3) is 4.36. The van der Waals surface area contributed by atoms with E-state index in [0.29, 0.717) is 12.5 Å². The van der Waals surface area contributed by atoms with Gasteiger partial charge in [-0.2, -0.15) is 0 Å². The molecule has 0 heterocycles. The summed E-state index contributed by atoms with van der Waals surface area (Å²) in [6.07, 6.45) is 3.82. The molecule has 1 rings (SSSR count). The normalized spacial score (nSPS) is 11.0. The largest absolute Gasteiger partial charge is 0.497 e. The number of rotatable bonds is 4. The van der Waals surface area contributed by atoms with Crippen molar-refractivity contribution in [2.24, 2.45) is 5.92 Å². The molecule has 1 aromatic rings. The zero-order chi connectivity index (χ0) is 9.52. The smallest absolute Gasteiger partial charge is 0.112 e. The van der Waals surface area contributed by atoms with Gasteiger partial charge in [-0.1, -0.05) is 44.2 Å². The molecule has 13 heavy (non-hydrogen) atoms. The molecule has 0 spiro atoms. The second kappa shape index (κ2) is 5.41. The summed E-state index contributed by atoms with van der Waals surface area (Å²) >= 11 is 0. The van der Waals surface area contributed by atoms with Gasteiger partial charge in [0.15, 0.2) is 0 Å². The lowest BCUT2D eigenvalue weighted by Crippen LogP contribution is -1.86. The molecule has 0 radical (unpaired) electrons. The van der Waals surface area contributed by atoms with Crippen LogP contribution in [0.4, 0.5) is 0 Å². The van der Waals surface area contributed by atoms with Crippen molar-refractivity contribution >= 4 is 0 Å². The highest BCUT2D eigenvalue weighted by Gasteiger charge is 1.88. The van der Waals surface area contributed by atoms with Crippen molar-refractivity contribution in [1.29, 1.82) is 0 Å². The van der Waals surface area contributed by atoms with Gasteiger partial charge in [-0.05, 0) is 17.6 Å². The van der Waals surface area contributed by atoms with Gasteiger partial charge in [-0.3, -0.25) is 0 Å². The third-order valence-corrected chi connectivity index (χ3v) is 1.65. The Bertz CT molecular complexity index is 249. The third-order valence-electron chi connectivity index (χ3n) is 1.65. The van der Waals surface area contributed by atoms with Gasteiger partial charge in [-0.15, -0.1) is 0 Å². The monoisotopic (exact) mass is 176 g/mol. The maximum atomic E-state index is 5.35. The van der Waals surface area contributed by atoms with Crippen LogP contribution in [0.15, 0.2) is 42.7 Å². The number of hydrogen-bond donors (Lipinski definition) is 0. The van der Waals surface area contributed by atoms with Gasteiger partial charge in [0.25, 0.3) is 0 Å². The minimum absolute atomic E-state index is 0.552. The summed E-state index contributed by atoms with van der Waals surface area (Å²) < 4.78 is 5.35. The van der Waals surface area contributed by atoms with Crippen molar-refractivity contribution in [2.45, 2.75) is 20.5 Å². The van der Waals surface area contributed by atoms with E-state index in [-0.39, 0.29) is 0 Å². The molecule has 0 unspecified atom stereocenters. The highest BCUT2D eigenvalue weighted by Crippen LogP contribution is 2.01. The molecule has 0 bridgehead atoms. The highest BCUT2D eigenvalue weighted by atomic mass is 16.5. The molecule has 0 saturated heterocycles. The molecule has 0 fully saturated rings. The van der Waals surface area contributed by atoms with E-state index in [1.54, 1.807) is 6.26 Å². The maximum absolute atomic E-state index is 5.35. The molecule has 0 aliphatic heterocycles. The molecule has 0 atom stereocenters. The Hall–Kier alpha value is -1.24. The molecule has 0 N–H and O–H groups in total. The highest BCUT2D eigenvalue weighted by molar-refractivity contribution is 5.13. The van der Waals surface area contributed by atoms with Crippen LogP contribution in [-0.4, -0.2) is 0 Å². The zero-order valence-corrected chi connectivity index (χ0v) is 8.23. The summed E-state index contributed by atoms with van der Waals surface area (Å²) in [6, 6.07) is 10.2. The second-order valence-corrected chi connectivity index (χ2v) is 3.37. The van der Waals surface area contributed by atoms with E-state index in [1.165, 1.54) is 5.56 Å². The molecule has 0 aromatic heterocycles. The topological polar surface area (TPSA) is 9.23 Å². The van der Waals surface area contributed by atoms with E-state index in [1.807, 2.05) is 24.3 Å². The molecular weight excluding hydrogens is 160 g/mol. The Morgan fingerprint density at radius 3 is 2.54 bits per heavy atom. The Kier molecular flexibility index (Phi) is 4.10. The van der Waals surface area contributed by atoms with E-state index >= 15 is 0 Å². The van der Waals surface area contributed by atoms with Gasteiger partial charge in [0.2, 0.25) is 0 Å². The van der Waals surface area contributed by atoms with Gasteiger partial charge in [0.1, 0.15) is 6.61 Å². The fourth-order valence-corrected chi connectivity index (χ4v) is 0.931. The molecular formula is C12H16O. The fraction of sp³-hybridized carbons (Fsp3) is 0.333. The van der Waals surface area contributed by atoms with Gasteiger partial charge in [0.05, 0.1) is 6.26 Å². The van der Waals surface area contributed by atoms with Crippen LogP contribution in [0.5, 0.6) is 0 Å². The number of benzene rings is 1. The first-order chi connectivity index (χ1) is 6.29. The van der Waals surface area contributed by atoms with Crippen molar-refractivity contribution < 1.29 is 4.74 Å². The summed E-state index contributed by atoms with van der Waals surface area (Å²) in [5.41, 5.74) is 1.20. The van der Waals surface area contributed by atoms with Crippen molar-refractivity contribution in [3.63, 3.8) is 0 Å². The van der Waals surface area contributed by atoms with E-state index in [9.17, 15) is 0 Å². The van der Waals surface area contributed by atoms with Crippen LogP contribution < -0.4 is 0 Å². The molecule has 1 aromatic carbocycles. The van der Waals surface area contributed by atoms with Crippen molar-refractivity contribution in [3.05, 3.63) is 48.2 Å².